The highest BCUT2D eigenvalue weighted by atomic mass is 16.3. The summed E-state index contributed by atoms with van der Waals surface area (Å²) in [6.07, 6.45) is 8.09. The monoisotopic (exact) mass is 190 g/mol. The van der Waals surface area contributed by atoms with Gasteiger partial charge >= 0.3 is 0 Å². The molecule has 74 valence electrons. The van der Waals surface area contributed by atoms with E-state index in [1.54, 1.807) is 10.9 Å². The van der Waals surface area contributed by atoms with E-state index in [-0.39, 0.29) is 0 Å². The van der Waals surface area contributed by atoms with E-state index >= 15 is 0 Å². The summed E-state index contributed by atoms with van der Waals surface area (Å²) < 4.78 is 1.79. The van der Waals surface area contributed by atoms with Crippen LogP contribution in [0.4, 0.5) is 0 Å². The van der Waals surface area contributed by atoms with E-state index in [1.165, 1.54) is 0 Å². The molecule has 2 aliphatic carbocycles. The molecule has 1 saturated carbocycles. The Labute approximate surface area is 83.1 Å². The molecule has 3 atom stereocenters. The summed E-state index contributed by atoms with van der Waals surface area (Å²) in [4.78, 5) is 0. The molecule has 0 aliphatic heterocycles. The van der Waals surface area contributed by atoms with Crippen LogP contribution in [0, 0.1) is 11.8 Å². The first-order valence-corrected chi connectivity index (χ1v) is 5.09. The fourth-order valence-corrected chi connectivity index (χ4v) is 2.92. The number of nitrogens with zero attached hydrogens (tertiary/aromatic N) is 2. The zero-order chi connectivity index (χ0) is 9.76. The lowest BCUT2D eigenvalue weighted by atomic mass is 9.85. The van der Waals surface area contributed by atoms with Crippen LogP contribution in [0.1, 0.15) is 18.5 Å². The maximum absolute atomic E-state index is 10.6. The summed E-state index contributed by atoms with van der Waals surface area (Å²) in [7, 11) is 1.89. The van der Waals surface area contributed by atoms with Crippen molar-refractivity contribution in [3.05, 3.63) is 30.1 Å². The molecule has 0 saturated heterocycles. The molecule has 1 aromatic heterocycles. The molecule has 2 bridgehead atoms. The van der Waals surface area contributed by atoms with Crippen molar-refractivity contribution >= 4 is 0 Å². The SMILES string of the molecule is Cn1nccc1C1(O)CC2C=CC1C2. The first kappa shape index (κ1) is 8.24. The van der Waals surface area contributed by atoms with Crippen LogP contribution in [-0.4, -0.2) is 14.9 Å². The highest BCUT2D eigenvalue weighted by molar-refractivity contribution is 5.25. The third-order valence-corrected chi connectivity index (χ3v) is 3.62. The molecule has 1 aromatic rings. The van der Waals surface area contributed by atoms with Gasteiger partial charge < -0.3 is 5.11 Å². The first-order chi connectivity index (χ1) is 6.70. The molecule has 1 fully saturated rings. The number of hydrogen-bond acceptors (Lipinski definition) is 2. The fraction of sp³-hybridized carbons (Fsp3) is 0.545. The molecule has 1 heterocycles. The van der Waals surface area contributed by atoms with Crippen LogP contribution in [0.3, 0.4) is 0 Å². The van der Waals surface area contributed by atoms with Crippen LogP contribution in [-0.2, 0) is 12.6 Å². The van der Waals surface area contributed by atoms with Crippen molar-refractivity contribution < 1.29 is 5.11 Å². The Bertz CT molecular complexity index is 396. The summed E-state index contributed by atoms with van der Waals surface area (Å²) in [5.41, 5.74) is 0.291. The van der Waals surface area contributed by atoms with Crippen LogP contribution in [0.25, 0.3) is 0 Å². The third-order valence-electron chi connectivity index (χ3n) is 3.62. The Morgan fingerprint density at radius 2 is 2.43 bits per heavy atom. The lowest BCUT2D eigenvalue weighted by molar-refractivity contribution is 0.00255. The predicted octanol–water partition coefficient (Wildman–Crippen LogP) is 1.20. The highest BCUT2D eigenvalue weighted by Crippen LogP contribution is 2.51. The second-order valence-electron chi connectivity index (χ2n) is 4.46. The summed E-state index contributed by atoms with van der Waals surface area (Å²) in [6, 6.07) is 1.93. The fourth-order valence-electron chi connectivity index (χ4n) is 2.92. The first-order valence-electron chi connectivity index (χ1n) is 5.09. The van der Waals surface area contributed by atoms with Crippen molar-refractivity contribution in [2.75, 3.05) is 0 Å². The lowest BCUT2D eigenvalue weighted by Crippen LogP contribution is -2.32. The molecule has 3 nitrogen and oxygen atoms in total. The average molecular weight is 190 g/mol. The van der Waals surface area contributed by atoms with Crippen LogP contribution in [0.5, 0.6) is 0 Å². The quantitative estimate of drug-likeness (QED) is 0.676. The van der Waals surface area contributed by atoms with Gasteiger partial charge in [0.15, 0.2) is 0 Å². The Morgan fingerprint density at radius 3 is 2.93 bits per heavy atom. The molecule has 3 rings (SSSR count). The predicted molar refractivity (Wildman–Crippen MR) is 52.5 cm³/mol. The minimum absolute atomic E-state index is 0.294. The van der Waals surface area contributed by atoms with Crippen molar-refractivity contribution in [2.24, 2.45) is 18.9 Å². The van der Waals surface area contributed by atoms with Gasteiger partial charge in [0, 0.05) is 19.2 Å². The van der Waals surface area contributed by atoms with E-state index in [9.17, 15) is 5.11 Å². The van der Waals surface area contributed by atoms with Crippen molar-refractivity contribution in [1.82, 2.24) is 9.78 Å². The molecule has 3 unspecified atom stereocenters. The smallest absolute Gasteiger partial charge is 0.113 e. The molecule has 2 aliphatic rings. The lowest BCUT2D eigenvalue weighted by Gasteiger charge is -2.29. The topological polar surface area (TPSA) is 38.0 Å². The van der Waals surface area contributed by atoms with Crippen molar-refractivity contribution in [1.29, 1.82) is 0 Å². The number of rotatable bonds is 1. The Balaban J connectivity index is 2.06. The molecule has 0 aromatic carbocycles. The van der Waals surface area contributed by atoms with Gasteiger partial charge in [0.05, 0.1) is 5.69 Å². The zero-order valence-electron chi connectivity index (χ0n) is 8.22. The summed E-state index contributed by atoms with van der Waals surface area (Å²) >= 11 is 0. The van der Waals surface area contributed by atoms with Crippen LogP contribution >= 0.6 is 0 Å². The van der Waals surface area contributed by atoms with Crippen LogP contribution < -0.4 is 0 Å². The van der Waals surface area contributed by atoms with Gasteiger partial charge in [0.2, 0.25) is 0 Å². The second kappa shape index (κ2) is 2.48. The van der Waals surface area contributed by atoms with Gasteiger partial charge in [0.1, 0.15) is 5.60 Å². The largest absolute Gasteiger partial charge is 0.383 e. The molecule has 0 amide bonds. The van der Waals surface area contributed by atoms with Gasteiger partial charge in [-0.15, -0.1) is 0 Å². The van der Waals surface area contributed by atoms with Crippen LogP contribution in [0.15, 0.2) is 24.4 Å². The molecule has 14 heavy (non-hydrogen) atoms. The minimum Gasteiger partial charge on any atom is -0.383 e. The maximum atomic E-state index is 10.6. The molecule has 0 spiro atoms. The third kappa shape index (κ3) is 0.879. The van der Waals surface area contributed by atoms with Gasteiger partial charge in [-0.05, 0) is 24.8 Å². The van der Waals surface area contributed by atoms with Crippen molar-refractivity contribution in [2.45, 2.75) is 18.4 Å². The molecular weight excluding hydrogens is 176 g/mol. The Kier molecular flexibility index (Phi) is 1.46. The number of aromatic nitrogens is 2. The molecule has 3 heteroatoms. The van der Waals surface area contributed by atoms with E-state index in [2.05, 4.69) is 17.3 Å². The highest BCUT2D eigenvalue weighted by Gasteiger charge is 2.49. The number of aliphatic hydroxyl groups is 1. The zero-order valence-corrected chi connectivity index (χ0v) is 8.22. The number of aryl methyl sites for hydroxylation is 1. The Morgan fingerprint density at radius 1 is 1.57 bits per heavy atom. The second-order valence-corrected chi connectivity index (χ2v) is 4.46. The summed E-state index contributed by atoms with van der Waals surface area (Å²) in [5.74, 6) is 0.864. The number of hydrogen-bond donors (Lipinski definition) is 1. The van der Waals surface area contributed by atoms with Gasteiger partial charge in [-0.2, -0.15) is 5.10 Å². The average Bonchev–Trinajstić information content (AvgIpc) is 2.78. The minimum atomic E-state index is -0.662. The molecular formula is C11H14N2O. The molecule has 0 radical (unpaired) electrons. The summed E-state index contributed by atoms with van der Waals surface area (Å²) in [5, 5.41) is 14.7. The van der Waals surface area contributed by atoms with E-state index in [1.807, 2.05) is 13.1 Å². The Hall–Kier alpha value is -1.09. The van der Waals surface area contributed by atoms with Gasteiger partial charge in [-0.3, -0.25) is 4.68 Å². The maximum Gasteiger partial charge on any atom is 0.113 e. The van der Waals surface area contributed by atoms with E-state index in [0.29, 0.717) is 11.8 Å². The summed E-state index contributed by atoms with van der Waals surface area (Å²) in [6.45, 7) is 0. The number of fused-ring (bicyclic) bond motifs is 2. The van der Waals surface area contributed by atoms with E-state index in [4.69, 9.17) is 0 Å². The molecule has 1 N–H and O–H groups in total. The van der Waals surface area contributed by atoms with Crippen molar-refractivity contribution in [3.63, 3.8) is 0 Å². The van der Waals surface area contributed by atoms with Gasteiger partial charge in [-0.1, -0.05) is 12.2 Å². The van der Waals surface area contributed by atoms with E-state index in [0.717, 1.165) is 18.5 Å². The standard InChI is InChI=1S/C11H14N2O/c1-13-10(4-5-12-13)11(14)7-8-2-3-9(11)6-8/h2-5,8-9,14H,6-7H2,1H3. The van der Waals surface area contributed by atoms with Gasteiger partial charge in [-0.25, -0.2) is 0 Å². The van der Waals surface area contributed by atoms with Crippen molar-refractivity contribution in [3.8, 4) is 0 Å². The normalized spacial score (nSPS) is 39.6. The van der Waals surface area contributed by atoms with E-state index < -0.39 is 5.60 Å². The van der Waals surface area contributed by atoms with Crippen LogP contribution in [0.2, 0.25) is 0 Å². The van der Waals surface area contributed by atoms with Gasteiger partial charge in [0.25, 0.3) is 0 Å². The number of allylic oxidation sites excluding steroid dienone is 1.